The van der Waals surface area contributed by atoms with Crippen molar-refractivity contribution in [3.8, 4) is 0 Å². The average Bonchev–Trinajstić information content (AvgIpc) is 2.14. The van der Waals surface area contributed by atoms with Crippen molar-refractivity contribution in [2.24, 2.45) is 0 Å². The molecule has 1 N–H and O–H groups in total. The molecule has 0 aromatic carbocycles. The van der Waals surface area contributed by atoms with Crippen LogP contribution < -0.4 is 0 Å². The molecular weight excluding hydrogens is 220 g/mol. The van der Waals surface area contributed by atoms with E-state index in [2.05, 4.69) is 4.98 Å². The summed E-state index contributed by atoms with van der Waals surface area (Å²) in [5.74, 6) is 0.0876. The molecule has 1 unspecified atom stereocenters. The van der Waals surface area contributed by atoms with Crippen LogP contribution in [0.25, 0.3) is 0 Å². The molecule has 7 heteroatoms. The van der Waals surface area contributed by atoms with Crippen LogP contribution in [-0.4, -0.2) is 24.4 Å². The van der Waals surface area contributed by atoms with Crippen LogP contribution in [0.2, 0.25) is 0 Å². The molecular formula is C8H10N2O4S. The molecule has 0 saturated carbocycles. The summed E-state index contributed by atoms with van der Waals surface area (Å²) in [6.07, 6.45) is 1.51. The van der Waals surface area contributed by atoms with Gasteiger partial charge in [0.15, 0.2) is 11.1 Å². The lowest BCUT2D eigenvalue weighted by atomic mass is 10.2. The highest BCUT2D eigenvalue weighted by Crippen LogP contribution is 2.16. The Balaban J connectivity index is 2.82. The summed E-state index contributed by atoms with van der Waals surface area (Å²) in [4.78, 5) is 13.8. The standard InChI is InChI=1S/C8H10N2O4S/c1-6-4-7(2-3-15(13)14)9-5-8(6)10(11)12/h4-5H,2-3H2,1H3,(H,13,14). The molecule has 1 aromatic heterocycles. The lowest BCUT2D eigenvalue weighted by molar-refractivity contribution is -0.385. The number of hydrogen-bond acceptors (Lipinski definition) is 4. The van der Waals surface area contributed by atoms with Gasteiger partial charge in [0, 0.05) is 17.7 Å². The van der Waals surface area contributed by atoms with Gasteiger partial charge in [-0.1, -0.05) is 0 Å². The molecule has 0 aliphatic heterocycles. The van der Waals surface area contributed by atoms with Crippen molar-refractivity contribution < 1.29 is 13.7 Å². The Morgan fingerprint density at radius 1 is 1.67 bits per heavy atom. The van der Waals surface area contributed by atoms with Crippen LogP contribution >= 0.6 is 0 Å². The Hall–Kier alpha value is -1.34. The van der Waals surface area contributed by atoms with Gasteiger partial charge in [0.2, 0.25) is 0 Å². The molecule has 0 aliphatic rings. The van der Waals surface area contributed by atoms with Gasteiger partial charge in [-0.2, -0.15) is 0 Å². The minimum atomic E-state index is -1.86. The summed E-state index contributed by atoms with van der Waals surface area (Å²) >= 11 is -1.86. The van der Waals surface area contributed by atoms with E-state index in [0.29, 0.717) is 17.7 Å². The van der Waals surface area contributed by atoms with Gasteiger partial charge in [-0.25, -0.2) is 4.21 Å². The number of aryl methyl sites for hydroxylation is 2. The lowest BCUT2D eigenvalue weighted by Gasteiger charge is -2.00. The molecule has 6 nitrogen and oxygen atoms in total. The Kier molecular flexibility index (Phi) is 3.87. The first-order valence-electron chi connectivity index (χ1n) is 4.18. The number of rotatable bonds is 4. The highest BCUT2D eigenvalue weighted by Gasteiger charge is 2.11. The monoisotopic (exact) mass is 230 g/mol. The summed E-state index contributed by atoms with van der Waals surface area (Å²) in [5.41, 5.74) is 1.05. The number of nitro groups is 1. The Morgan fingerprint density at radius 3 is 2.80 bits per heavy atom. The second-order valence-corrected chi connectivity index (χ2v) is 4.05. The van der Waals surface area contributed by atoms with Crippen LogP contribution in [0.3, 0.4) is 0 Å². The third-order valence-electron chi connectivity index (χ3n) is 1.87. The van der Waals surface area contributed by atoms with Gasteiger partial charge in [-0.15, -0.1) is 0 Å². The summed E-state index contributed by atoms with van der Waals surface area (Å²) < 4.78 is 19.0. The molecule has 0 amide bonds. The van der Waals surface area contributed by atoms with Crippen LogP contribution in [-0.2, 0) is 17.5 Å². The van der Waals surface area contributed by atoms with Gasteiger partial charge in [0.1, 0.15) is 6.20 Å². The zero-order valence-corrected chi connectivity index (χ0v) is 8.86. The molecule has 1 aromatic rings. The van der Waals surface area contributed by atoms with E-state index in [-0.39, 0.29) is 11.4 Å². The molecule has 0 bridgehead atoms. The lowest BCUT2D eigenvalue weighted by Crippen LogP contribution is -2.02. The summed E-state index contributed by atoms with van der Waals surface area (Å²) in [5, 5.41) is 10.5. The minimum Gasteiger partial charge on any atom is -0.306 e. The van der Waals surface area contributed by atoms with Gasteiger partial charge < -0.3 is 4.55 Å². The second-order valence-electron chi connectivity index (χ2n) is 2.99. The quantitative estimate of drug-likeness (QED) is 0.474. The molecule has 0 spiro atoms. The van der Waals surface area contributed by atoms with Crippen molar-refractivity contribution in [2.45, 2.75) is 13.3 Å². The fraction of sp³-hybridized carbons (Fsp3) is 0.375. The highest BCUT2D eigenvalue weighted by atomic mass is 32.2. The first-order chi connectivity index (χ1) is 7.00. The third-order valence-corrected chi connectivity index (χ3v) is 2.42. The molecule has 1 heterocycles. The zero-order valence-electron chi connectivity index (χ0n) is 8.04. The van der Waals surface area contributed by atoms with E-state index in [1.807, 2.05) is 0 Å². The van der Waals surface area contributed by atoms with Crippen LogP contribution in [0.15, 0.2) is 12.3 Å². The largest absolute Gasteiger partial charge is 0.306 e. The maximum Gasteiger partial charge on any atom is 0.290 e. The minimum absolute atomic E-state index is 0.0381. The van der Waals surface area contributed by atoms with Crippen LogP contribution in [0, 0.1) is 17.0 Å². The van der Waals surface area contributed by atoms with Crippen molar-refractivity contribution >= 4 is 16.8 Å². The van der Waals surface area contributed by atoms with E-state index in [9.17, 15) is 14.3 Å². The predicted molar refractivity (Wildman–Crippen MR) is 55.0 cm³/mol. The van der Waals surface area contributed by atoms with Crippen molar-refractivity contribution in [1.82, 2.24) is 4.98 Å². The number of aromatic nitrogens is 1. The third kappa shape index (κ3) is 3.37. The smallest absolute Gasteiger partial charge is 0.290 e. The summed E-state index contributed by atoms with van der Waals surface area (Å²) in [7, 11) is 0. The predicted octanol–water partition coefficient (Wildman–Crippen LogP) is 1.06. The van der Waals surface area contributed by atoms with Crippen molar-refractivity contribution in [3.05, 3.63) is 33.6 Å². The Labute approximate surface area is 88.8 Å². The average molecular weight is 230 g/mol. The van der Waals surface area contributed by atoms with Crippen LogP contribution in [0.1, 0.15) is 11.3 Å². The normalized spacial score (nSPS) is 12.4. The number of nitrogens with zero attached hydrogens (tertiary/aromatic N) is 2. The fourth-order valence-electron chi connectivity index (χ4n) is 1.13. The first kappa shape index (κ1) is 11.7. The molecule has 1 rings (SSSR count). The Morgan fingerprint density at radius 2 is 2.33 bits per heavy atom. The molecule has 82 valence electrons. The highest BCUT2D eigenvalue weighted by molar-refractivity contribution is 7.79. The fourth-order valence-corrected chi connectivity index (χ4v) is 1.51. The molecule has 15 heavy (non-hydrogen) atoms. The van der Waals surface area contributed by atoms with Crippen molar-refractivity contribution in [1.29, 1.82) is 0 Å². The van der Waals surface area contributed by atoms with Gasteiger partial charge in [-0.3, -0.25) is 15.1 Å². The molecule has 0 fully saturated rings. The Bertz CT molecular complexity index is 408. The SMILES string of the molecule is Cc1cc(CCS(=O)O)ncc1[N+](=O)[O-]. The molecule has 0 aliphatic carbocycles. The van der Waals surface area contributed by atoms with E-state index >= 15 is 0 Å². The van der Waals surface area contributed by atoms with E-state index in [0.717, 1.165) is 0 Å². The molecule has 0 radical (unpaired) electrons. The number of pyridine rings is 1. The maximum absolute atomic E-state index is 10.5. The van der Waals surface area contributed by atoms with Gasteiger partial charge in [0.25, 0.3) is 5.69 Å². The molecule has 1 atom stereocenters. The summed E-state index contributed by atoms with van der Waals surface area (Å²) in [6.45, 7) is 1.61. The number of hydrogen-bond donors (Lipinski definition) is 1. The maximum atomic E-state index is 10.5. The first-order valence-corrected chi connectivity index (χ1v) is 5.45. The van der Waals surface area contributed by atoms with Gasteiger partial charge >= 0.3 is 0 Å². The van der Waals surface area contributed by atoms with E-state index in [4.69, 9.17) is 4.55 Å². The van der Waals surface area contributed by atoms with Crippen molar-refractivity contribution in [3.63, 3.8) is 0 Å². The van der Waals surface area contributed by atoms with Gasteiger partial charge in [-0.05, 0) is 13.0 Å². The second kappa shape index (κ2) is 4.94. The zero-order chi connectivity index (χ0) is 11.4. The topological polar surface area (TPSA) is 93.3 Å². The van der Waals surface area contributed by atoms with E-state index in [1.54, 1.807) is 13.0 Å². The molecule has 0 saturated heterocycles. The van der Waals surface area contributed by atoms with Crippen molar-refractivity contribution in [2.75, 3.05) is 5.75 Å². The van der Waals surface area contributed by atoms with Gasteiger partial charge in [0.05, 0.1) is 10.7 Å². The van der Waals surface area contributed by atoms with Crippen LogP contribution in [0.4, 0.5) is 5.69 Å². The summed E-state index contributed by atoms with van der Waals surface area (Å²) in [6, 6.07) is 1.56. The van der Waals surface area contributed by atoms with E-state index in [1.165, 1.54) is 6.20 Å². The van der Waals surface area contributed by atoms with E-state index < -0.39 is 16.0 Å². The van der Waals surface area contributed by atoms with Crippen LogP contribution in [0.5, 0.6) is 0 Å².